The zero-order chi connectivity index (χ0) is 28.8. The van der Waals surface area contributed by atoms with Crippen molar-refractivity contribution >= 4 is 45.8 Å². The van der Waals surface area contributed by atoms with Crippen molar-refractivity contribution in [3.63, 3.8) is 0 Å². The number of nitrogens with one attached hydrogen (secondary N) is 1. The molecule has 0 saturated carbocycles. The van der Waals surface area contributed by atoms with Crippen LogP contribution in [-0.4, -0.2) is 62.9 Å². The number of oxazole rings is 1. The lowest BCUT2D eigenvalue weighted by Gasteiger charge is -2.21. The number of rotatable bonds is 12. The number of imidazole rings is 1. The van der Waals surface area contributed by atoms with E-state index in [0.29, 0.717) is 41.5 Å². The predicted molar refractivity (Wildman–Crippen MR) is 161 cm³/mol. The number of anilines is 2. The van der Waals surface area contributed by atoms with Crippen LogP contribution < -0.4 is 10.2 Å². The fraction of sp³-hybridized carbons (Fsp3) is 0.300. The number of amides is 2. The summed E-state index contributed by atoms with van der Waals surface area (Å²) >= 11 is 1.32. The van der Waals surface area contributed by atoms with E-state index in [2.05, 4.69) is 34.0 Å². The summed E-state index contributed by atoms with van der Waals surface area (Å²) < 4.78 is 7.35. The van der Waals surface area contributed by atoms with Crippen LogP contribution in [0.1, 0.15) is 35.6 Å². The molecule has 0 bridgehead atoms. The number of pyridine rings is 1. The van der Waals surface area contributed by atoms with Gasteiger partial charge in [-0.3, -0.25) is 19.9 Å². The molecule has 41 heavy (non-hydrogen) atoms. The van der Waals surface area contributed by atoms with Crippen LogP contribution in [0.5, 0.6) is 0 Å². The maximum Gasteiger partial charge on any atom is 0.268 e. The molecule has 5 rings (SSSR count). The lowest BCUT2D eigenvalue weighted by Crippen LogP contribution is -2.32. The lowest BCUT2D eigenvalue weighted by molar-refractivity contribution is -0.118. The van der Waals surface area contributed by atoms with Crippen LogP contribution in [0.3, 0.4) is 0 Å². The van der Waals surface area contributed by atoms with Crippen LogP contribution in [0.4, 0.5) is 11.6 Å². The van der Waals surface area contributed by atoms with Crippen molar-refractivity contribution in [3.8, 4) is 10.6 Å². The lowest BCUT2D eigenvalue weighted by atomic mass is 10.2. The van der Waals surface area contributed by atoms with E-state index in [1.165, 1.54) is 17.7 Å². The van der Waals surface area contributed by atoms with Crippen molar-refractivity contribution in [1.82, 2.24) is 24.4 Å². The molecule has 0 unspecified atom stereocenters. The fourth-order valence-electron chi connectivity index (χ4n) is 4.62. The Bertz CT molecular complexity index is 1610. The minimum atomic E-state index is -0.265. The second-order valence-corrected chi connectivity index (χ2v) is 10.6. The summed E-state index contributed by atoms with van der Waals surface area (Å²) in [5, 5.41) is 3.00. The van der Waals surface area contributed by atoms with Gasteiger partial charge < -0.3 is 18.8 Å². The van der Waals surface area contributed by atoms with Gasteiger partial charge in [-0.1, -0.05) is 19.9 Å². The monoisotopic (exact) mass is 571 g/mol. The highest BCUT2D eigenvalue weighted by atomic mass is 32.1. The molecule has 0 fully saturated rings. The number of nitrogens with zero attached hydrogens (tertiary/aromatic N) is 6. The quantitative estimate of drug-likeness (QED) is 0.215. The van der Waals surface area contributed by atoms with Gasteiger partial charge in [0.05, 0.1) is 27.0 Å². The average Bonchev–Trinajstić information content (AvgIpc) is 3.76. The SMILES string of the molecule is CCN(CC)CCC(=O)N(C)c1ccc2c(c1)nc(NC(=O)c1ccc(-c3cnco3)s1)n2CCc1ccccn1. The molecule has 0 spiro atoms. The van der Waals surface area contributed by atoms with Crippen molar-refractivity contribution in [2.75, 3.05) is 36.9 Å². The zero-order valence-corrected chi connectivity index (χ0v) is 24.2. The number of hydrogen-bond donors (Lipinski definition) is 1. The van der Waals surface area contributed by atoms with Crippen molar-refractivity contribution in [2.24, 2.45) is 0 Å². The third-order valence-corrected chi connectivity index (χ3v) is 8.18. The molecule has 11 heteroatoms. The van der Waals surface area contributed by atoms with E-state index in [-0.39, 0.29) is 11.8 Å². The normalized spacial score (nSPS) is 11.3. The standard InChI is InChI=1S/C30H33N7O3S/c1-4-36(5-2)16-14-28(38)35(3)22-9-10-24-23(18-22)33-30(37(24)17-13-21-8-6-7-15-32-21)34-29(39)27-12-11-26(41-27)25-19-31-20-40-25/h6-12,15,18-20H,4-5,13-14,16-17H2,1-3H3,(H,33,34,39). The Morgan fingerprint density at radius 3 is 2.68 bits per heavy atom. The Morgan fingerprint density at radius 2 is 1.95 bits per heavy atom. The van der Waals surface area contributed by atoms with E-state index in [1.807, 2.05) is 47.0 Å². The number of thiophene rings is 1. The van der Waals surface area contributed by atoms with Crippen LogP contribution in [0, 0.1) is 0 Å². The van der Waals surface area contributed by atoms with Crippen LogP contribution >= 0.6 is 11.3 Å². The second kappa shape index (κ2) is 12.9. The Balaban J connectivity index is 1.40. The van der Waals surface area contributed by atoms with Crippen LogP contribution in [0.15, 0.2) is 71.7 Å². The molecule has 5 aromatic rings. The summed E-state index contributed by atoms with van der Waals surface area (Å²) in [6.45, 7) is 7.31. The summed E-state index contributed by atoms with van der Waals surface area (Å²) in [4.78, 5) is 44.6. The van der Waals surface area contributed by atoms with Gasteiger partial charge in [0.25, 0.3) is 5.91 Å². The Hall–Kier alpha value is -4.35. The summed E-state index contributed by atoms with van der Waals surface area (Å²) in [6.07, 6.45) is 5.85. The molecule has 0 radical (unpaired) electrons. The van der Waals surface area contributed by atoms with Gasteiger partial charge in [0, 0.05) is 50.6 Å². The number of aryl methyl sites for hydroxylation is 2. The molecule has 1 aromatic carbocycles. The van der Waals surface area contributed by atoms with Gasteiger partial charge in [0.2, 0.25) is 11.9 Å². The number of aromatic nitrogens is 4. The van der Waals surface area contributed by atoms with Gasteiger partial charge in [-0.05, 0) is 55.6 Å². The molecular formula is C30H33N7O3S. The van der Waals surface area contributed by atoms with Crippen LogP contribution in [0.2, 0.25) is 0 Å². The highest BCUT2D eigenvalue weighted by Crippen LogP contribution is 2.29. The minimum absolute atomic E-state index is 0.0413. The molecule has 0 aliphatic rings. The molecule has 4 heterocycles. The Kier molecular flexibility index (Phi) is 8.85. The van der Waals surface area contributed by atoms with Gasteiger partial charge >= 0.3 is 0 Å². The van der Waals surface area contributed by atoms with Gasteiger partial charge in [-0.15, -0.1) is 11.3 Å². The summed E-state index contributed by atoms with van der Waals surface area (Å²) in [6, 6.07) is 15.2. The first-order chi connectivity index (χ1) is 20.0. The van der Waals surface area contributed by atoms with Crippen LogP contribution in [0.25, 0.3) is 21.7 Å². The fourth-order valence-corrected chi connectivity index (χ4v) is 5.47. The number of carbonyl (C=O) groups excluding carboxylic acids is 2. The van der Waals surface area contributed by atoms with E-state index in [9.17, 15) is 9.59 Å². The largest absolute Gasteiger partial charge is 0.443 e. The van der Waals surface area contributed by atoms with Gasteiger partial charge in [0.1, 0.15) is 0 Å². The Morgan fingerprint density at radius 1 is 1.10 bits per heavy atom. The maximum absolute atomic E-state index is 13.3. The van der Waals surface area contributed by atoms with Gasteiger partial charge in [-0.2, -0.15) is 0 Å². The predicted octanol–water partition coefficient (Wildman–Crippen LogP) is 5.34. The molecule has 0 saturated heterocycles. The van der Waals surface area contributed by atoms with E-state index >= 15 is 0 Å². The van der Waals surface area contributed by atoms with E-state index in [1.54, 1.807) is 30.4 Å². The number of benzene rings is 1. The number of carbonyl (C=O) groups is 2. The number of hydrogen-bond acceptors (Lipinski definition) is 8. The first-order valence-electron chi connectivity index (χ1n) is 13.7. The summed E-state index contributed by atoms with van der Waals surface area (Å²) in [7, 11) is 1.79. The second-order valence-electron chi connectivity index (χ2n) is 9.54. The van der Waals surface area contributed by atoms with Crippen molar-refractivity contribution in [3.05, 3.63) is 77.9 Å². The summed E-state index contributed by atoms with van der Waals surface area (Å²) in [5.41, 5.74) is 3.24. The molecule has 1 N–H and O–H groups in total. The van der Waals surface area contributed by atoms with Crippen molar-refractivity contribution < 1.29 is 14.0 Å². The van der Waals surface area contributed by atoms with Gasteiger partial charge in [-0.25, -0.2) is 9.97 Å². The minimum Gasteiger partial charge on any atom is -0.443 e. The van der Waals surface area contributed by atoms with E-state index in [4.69, 9.17) is 9.40 Å². The van der Waals surface area contributed by atoms with Crippen molar-refractivity contribution in [1.29, 1.82) is 0 Å². The highest BCUT2D eigenvalue weighted by Gasteiger charge is 2.19. The number of fused-ring (bicyclic) bond motifs is 1. The van der Waals surface area contributed by atoms with E-state index in [0.717, 1.165) is 41.4 Å². The zero-order valence-electron chi connectivity index (χ0n) is 23.4. The summed E-state index contributed by atoms with van der Waals surface area (Å²) in [5.74, 6) is 0.821. The molecule has 0 aliphatic heterocycles. The molecule has 0 aliphatic carbocycles. The third kappa shape index (κ3) is 6.53. The van der Waals surface area contributed by atoms with Crippen molar-refractivity contribution in [2.45, 2.75) is 33.2 Å². The highest BCUT2D eigenvalue weighted by molar-refractivity contribution is 7.17. The smallest absolute Gasteiger partial charge is 0.268 e. The molecular weight excluding hydrogens is 538 g/mol. The molecule has 2 amide bonds. The van der Waals surface area contributed by atoms with Crippen LogP contribution in [-0.2, 0) is 17.8 Å². The third-order valence-electron chi connectivity index (χ3n) is 7.08. The molecule has 4 aromatic heterocycles. The van der Waals surface area contributed by atoms with E-state index < -0.39 is 0 Å². The Labute approximate surface area is 242 Å². The molecule has 10 nitrogen and oxygen atoms in total. The first-order valence-corrected chi connectivity index (χ1v) is 14.5. The van der Waals surface area contributed by atoms with Gasteiger partial charge in [0.15, 0.2) is 12.2 Å². The first kappa shape index (κ1) is 28.2. The molecule has 0 atom stereocenters. The molecule has 212 valence electrons. The average molecular weight is 572 g/mol. The maximum atomic E-state index is 13.3. The topological polar surface area (TPSA) is 109 Å².